The highest BCUT2D eigenvalue weighted by atomic mass is 19.4. The molecule has 6 heteroatoms. The van der Waals surface area contributed by atoms with E-state index >= 15 is 0 Å². The molecule has 1 aromatic carbocycles. The highest BCUT2D eigenvalue weighted by molar-refractivity contribution is 5.78. The van der Waals surface area contributed by atoms with E-state index in [1.54, 1.807) is 0 Å². The van der Waals surface area contributed by atoms with Crippen molar-refractivity contribution in [3.8, 4) is 0 Å². The van der Waals surface area contributed by atoms with Gasteiger partial charge in [-0.05, 0) is 80.9 Å². The summed E-state index contributed by atoms with van der Waals surface area (Å²) < 4.78 is 39.2. The van der Waals surface area contributed by atoms with Crippen molar-refractivity contribution < 1.29 is 13.2 Å². The Morgan fingerprint density at radius 1 is 1.03 bits per heavy atom. The number of unbranched alkanes of at least 4 members (excludes halogenated alkanes) is 1. The second kappa shape index (κ2) is 11.7. The molecule has 0 atom stereocenters. The monoisotopic (exact) mass is 460 g/mol. The van der Waals surface area contributed by atoms with E-state index in [-0.39, 0.29) is 0 Å². The molecule has 2 aromatic rings. The van der Waals surface area contributed by atoms with Gasteiger partial charge in [-0.1, -0.05) is 57.0 Å². The zero-order chi connectivity index (χ0) is 23.8. The van der Waals surface area contributed by atoms with Crippen molar-refractivity contribution in [2.24, 2.45) is 5.92 Å². The third-order valence-corrected chi connectivity index (χ3v) is 6.66. The van der Waals surface area contributed by atoms with Crippen LogP contribution >= 0.6 is 0 Å². The molecule has 0 bridgehead atoms. The Morgan fingerprint density at radius 2 is 1.70 bits per heavy atom. The van der Waals surface area contributed by atoms with Gasteiger partial charge in [0.25, 0.3) is 5.56 Å². The number of hydrogen-bond donors (Lipinski definition) is 1. The number of nitrogens with one attached hydrogen (secondary N) is 1. The summed E-state index contributed by atoms with van der Waals surface area (Å²) in [7, 11) is 0. The van der Waals surface area contributed by atoms with E-state index in [4.69, 9.17) is 0 Å². The van der Waals surface area contributed by atoms with Crippen molar-refractivity contribution >= 4 is 5.57 Å². The maximum atomic E-state index is 13.1. The Morgan fingerprint density at radius 3 is 2.27 bits per heavy atom. The molecule has 33 heavy (non-hydrogen) atoms. The fraction of sp³-hybridized carbons (Fsp3) is 0.519. The number of allylic oxidation sites excluding steroid dienone is 1. The molecule has 1 saturated carbocycles. The number of aromatic amines is 1. The number of benzene rings is 1. The standard InChI is InChI=1S/C27H35F3N2O/c1-3-32(4-2)18-8-7-9-20-12-14-22(15-13-20)23(19-21-10-5-6-11-21)25-17-16-24(26(33)31-25)27(28,29)30/h12-17,19,21H,3-11,18H2,1-2H3,(H,31,33)/b23-19+. The Bertz CT molecular complexity index is 966. The summed E-state index contributed by atoms with van der Waals surface area (Å²) in [5, 5.41) is 0. The van der Waals surface area contributed by atoms with Crippen molar-refractivity contribution in [3.63, 3.8) is 0 Å². The van der Waals surface area contributed by atoms with Gasteiger partial charge in [-0.25, -0.2) is 0 Å². The van der Waals surface area contributed by atoms with Crippen molar-refractivity contribution in [2.45, 2.75) is 65.0 Å². The zero-order valence-corrected chi connectivity index (χ0v) is 19.7. The lowest BCUT2D eigenvalue weighted by Crippen LogP contribution is -2.23. The van der Waals surface area contributed by atoms with Crippen molar-refractivity contribution in [1.82, 2.24) is 9.88 Å². The second-order valence-electron chi connectivity index (χ2n) is 8.92. The second-order valence-corrected chi connectivity index (χ2v) is 8.92. The van der Waals surface area contributed by atoms with Crippen LogP contribution in [0.2, 0.25) is 0 Å². The van der Waals surface area contributed by atoms with Crippen LogP contribution in [-0.4, -0.2) is 29.5 Å². The fourth-order valence-electron chi connectivity index (χ4n) is 4.61. The molecule has 0 radical (unpaired) electrons. The molecular formula is C27H35F3N2O. The van der Waals surface area contributed by atoms with Gasteiger partial charge in [0.2, 0.25) is 0 Å². The number of rotatable bonds is 10. The molecule has 1 heterocycles. The van der Waals surface area contributed by atoms with Crippen LogP contribution in [0.1, 0.15) is 74.8 Å². The molecule has 180 valence electrons. The smallest absolute Gasteiger partial charge is 0.321 e. The molecule has 0 spiro atoms. The minimum Gasteiger partial charge on any atom is -0.321 e. The van der Waals surface area contributed by atoms with E-state index < -0.39 is 17.3 Å². The molecule has 1 aliphatic carbocycles. The first-order chi connectivity index (χ1) is 15.8. The Hall–Kier alpha value is -2.34. The van der Waals surface area contributed by atoms with Gasteiger partial charge in [0.05, 0.1) is 0 Å². The van der Waals surface area contributed by atoms with Gasteiger partial charge in [-0.2, -0.15) is 13.2 Å². The van der Waals surface area contributed by atoms with E-state index in [0.717, 1.165) is 81.8 Å². The van der Waals surface area contributed by atoms with Crippen molar-refractivity contribution in [2.75, 3.05) is 19.6 Å². The van der Waals surface area contributed by atoms with E-state index in [9.17, 15) is 18.0 Å². The van der Waals surface area contributed by atoms with Crippen LogP contribution in [0, 0.1) is 5.92 Å². The molecule has 0 unspecified atom stereocenters. The molecule has 1 N–H and O–H groups in total. The fourth-order valence-corrected chi connectivity index (χ4v) is 4.61. The number of H-pyrrole nitrogens is 1. The van der Waals surface area contributed by atoms with Gasteiger partial charge in [-0.3, -0.25) is 4.79 Å². The first-order valence-electron chi connectivity index (χ1n) is 12.2. The molecule has 1 aromatic heterocycles. The highest BCUT2D eigenvalue weighted by Crippen LogP contribution is 2.32. The lowest BCUT2D eigenvalue weighted by Gasteiger charge is -2.17. The van der Waals surface area contributed by atoms with Gasteiger partial charge in [0, 0.05) is 11.3 Å². The van der Waals surface area contributed by atoms with Crippen LogP contribution < -0.4 is 5.56 Å². The number of pyridine rings is 1. The highest BCUT2D eigenvalue weighted by Gasteiger charge is 2.34. The first-order valence-corrected chi connectivity index (χ1v) is 12.2. The minimum atomic E-state index is -4.66. The first kappa shape index (κ1) is 25.3. The maximum Gasteiger partial charge on any atom is 0.421 e. The molecular weight excluding hydrogens is 425 g/mol. The quantitative estimate of drug-likeness (QED) is 0.402. The third kappa shape index (κ3) is 7.07. The van der Waals surface area contributed by atoms with Gasteiger partial charge in [0.1, 0.15) is 5.56 Å². The number of aromatic nitrogens is 1. The number of nitrogens with zero attached hydrogens (tertiary/aromatic N) is 1. The van der Waals surface area contributed by atoms with Crippen LogP contribution in [0.3, 0.4) is 0 Å². The molecule has 0 aliphatic heterocycles. The van der Waals surface area contributed by atoms with E-state index in [1.807, 2.05) is 12.1 Å². The number of aryl methyl sites for hydroxylation is 1. The van der Waals surface area contributed by atoms with Crippen molar-refractivity contribution in [3.05, 3.63) is 75.2 Å². The summed E-state index contributed by atoms with van der Waals surface area (Å²) in [6.07, 6.45) is 5.20. The van der Waals surface area contributed by atoms with Crippen molar-refractivity contribution in [1.29, 1.82) is 0 Å². The van der Waals surface area contributed by atoms with E-state index in [0.29, 0.717) is 11.6 Å². The van der Waals surface area contributed by atoms with Crippen LogP contribution in [0.15, 0.2) is 47.3 Å². The lowest BCUT2D eigenvalue weighted by atomic mass is 9.94. The molecule has 1 fully saturated rings. The summed E-state index contributed by atoms with van der Waals surface area (Å²) in [5.74, 6) is 0.380. The number of alkyl halides is 3. The topological polar surface area (TPSA) is 36.1 Å². The molecule has 1 aliphatic rings. The van der Waals surface area contributed by atoms with Crippen LogP contribution in [0.25, 0.3) is 5.57 Å². The average molecular weight is 461 g/mol. The van der Waals surface area contributed by atoms with Crippen LogP contribution in [0.5, 0.6) is 0 Å². The van der Waals surface area contributed by atoms with Gasteiger partial charge < -0.3 is 9.88 Å². The maximum absolute atomic E-state index is 13.1. The van der Waals surface area contributed by atoms with Gasteiger partial charge >= 0.3 is 6.18 Å². The Kier molecular flexibility index (Phi) is 8.95. The minimum absolute atomic E-state index is 0.380. The Balaban J connectivity index is 1.78. The number of hydrogen-bond acceptors (Lipinski definition) is 2. The summed E-state index contributed by atoms with van der Waals surface area (Å²) in [4.78, 5) is 17.1. The number of halogens is 3. The predicted molar refractivity (Wildman–Crippen MR) is 128 cm³/mol. The normalized spacial score (nSPS) is 15.5. The molecule has 0 saturated heterocycles. The summed E-state index contributed by atoms with van der Waals surface area (Å²) in [6.45, 7) is 7.63. The third-order valence-electron chi connectivity index (χ3n) is 6.66. The Labute approximate surface area is 194 Å². The molecule has 0 amide bonds. The van der Waals surface area contributed by atoms with Gasteiger partial charge in [-0.15, -0.1) is 0 Å². The summed E-state index contributed by atoms with van der Waals surface area (Å²) in [5.41, 5.74) is 1.16. The van der Waals surface area contributed by atoms with Crippen LogP contribution in [-0.2, 0) is 12.6 Å². The summed E-state index contributed by atoms with van der Waals surface area (Å²) in [6, 6.07) is 10.5. The predicted octanol–water partition coefficient (Wildman–Crippen LogP) is 6.68. The SMILES string of the molecule is CCN(CC)CCCCc1ccc(/C(=C\C2CCCC2)c2ccc(C(F)(F)F)c(=O)[nH]2)cc1. The van der Waals surface area contributed by atoms with Gasteiger partial charge in [0.15, 0.2) is 0 Å². The van der Waals surface area contributed by atoms with E-state index in [1.165, 1.54) is 11.6 Å². The van der Waals surface area contributed by atoms with Crippen LogP contribution in [0.4, 0.5) is 13.2 Å². The lowest BCUT2D eigenvalue weighted by molar-refractivity contribution is -0.138. The average Bonchev–Trinajstić information content (AvgIpc) is 3.30. The molecule has 3 rings (SSSR count). The van der Waals surface area contributed by atoms with E-state index in [2.05, 4.69) is 41.9 Å². The largest absolute Gasteiger partial charge is 0.421 e. The summed E-state index contributed by atoms with van der Waals surface area (Å²) >= 11 is 0. The molecule has 3 nitrogen and oxygen atoms in total. The zero-order valence-electron chi connectivity index (χ0n) is 19.7.